The van der Waals surface area contributed by atoms with E-state index in [0.29, 0.717) is 53.9 Å². The maximum absolute atomic E-state index is 13.4. The molecule has 2 aliphatic rings. The van der Waals surface area contributed by atoms with Gasteiger partial charge < -0.3 is 14.2 Å². The first-order chi connectivity index (χ1) is 14.5. The van der Waals surface area contributed by atoms with E-state index in [0.717, 1.165) is 12.0 Å². The van der Waals surface area contributed by atoms with Gasteiger partial charge >= 0.3 is 0 Å². The Morgan fingerprint density at radius 1 is 1.03 bits per heavy atom. The van der Waals surface area contributed by atoms with Crippen molar-refractivity contribution in [2.75, 3.05) is 19.6 Å². The molecule has 6 nitrogen and oxygen atoms in total. The number of hydrogen-bond donors (Lipinski definition) is 0. The van der Waals surface area contributed by atoms with Gasteiger partial charge in [0.25, 0.3) is 5.91 Å². The maximum Gasteiger partial charge on any atom is 0.257 e. The van der Waals surface area contributed by atoms with Crippen LogP contribution in [0.5, 0.6) is 0 Å². The first-order valence-corrected chi connectivity index (χ1v) is 10.2. The lowest BCUT2D eigenvalue weighted by Gasteiger charge is -2.37. The second-order valence-electron chi connectivity index (χ2n) is 7.96. The van der Waals surface area contributed by atoms with E-state index in [1.165, 1.54) is 0 Å². The molecule has 0 N–H and O–H groups in total. The Hall–Kier alpha value is -3.41. The Bertz CT molecular complexity index is 1220. The number of benzene rings is 2. The van der Waals surface area contributed by atoms with Crippen molar-refractivity contribution in [1.29, 1.82) is 0 Å². The monoisotopic (exact) mass is 402 g/mol. The first-order valence-electron chi connectivity index (χ1n) is 10.2. The van der Waals surface area contributed by atoms with Crippen molar-refractivity contribution in [3.8, 4) is 11.3 Å². The lowest BCUT2D eigenvalue weighted by Crippen LogP contribution is -2.53. The zero-order valence-corrected chi connectivity index (χ0v) is 16.8. The average molecular weight is 402 g/mol. The summed E-state index contributed by atoms with van der Waals surface area (Å²) in [5.74, 6) is 0.497. The highest BCUT2D eigenvalue weighted by Crippen LogP contribution is 2.29. The summed E-state index contributed by atoms with van der Waals surface area (Å²) in [7, 11) is 0. The predicted molar refractivity (Wildman–Crippen MR) is 113 cm³/mol. The van der Waals surface area contributed by atoms with Crippen LogP contribution in [0.3, 0.4) is 0 Å². The third-order valence-electron chi connectivity index (χ3n) is 6.19. The highest BCUT2D eigenvalue weighted by Gasteiger charge is 2.37. The molecule has 3 heterocycles. The van der Waals surface area contributed by atoms with Crippen molar-refractivity contribution in [2.24, 2.45) is 0 Å². The molecule has 2 amide bonds. The van der Waals surface area contributed by atoms with Gasteiger partial charge in [-0.15, -0.1) is 0 Å². The van der Waals surface area contributed by atoms with Crippen molar-refractivity contribution in [1.82, 2.24) is 9.80 Å². The first kappa shape index (κ1) is 18.6. The number of fused-ring (bicyclic) bond motifs is 2. The number of piperazine rings is 1. The van der Waals surface area contributed by atoms with Crippen LogP contribution in [0.1, 0.15) is 28.8 Å². The maximum atomic E-state index is 13.4. The van der Waals surface area contributed by atoms with Gasteiger partial charge in [0, 0.05) is 43.2 Å². The van der Waals surface area contributed by atoms with Crippen LogP contribution in [0.15, 0.2) is 57.7 Å². The molecule has 0 spiro atoms. The Balaban J connectivity index is 1.58. The highest BCUT2D eigenvalue weighted by atomic mass is 16.3. The van der Waals surface area contributed by atoms with Crippen molar-refractivity contribution in [3.63, 3.8) is 0 Å². The van der Waals surface area contributed by atoms with Gasteiger partial charge in [-0.2, -0.15) is 0 Å². The number of carbonyl (C=O) groups excluding carboxylic acids is 2. The zero-order chi connectivity index (χ0) is 20.8. The number of nitrogens with zero attached hydrogens (tertiary/aromatic N) is 2. The Morgan fingerprint density at radius 2 is 1.83 bits per heavy atom. The second kappa shape index (κ2) is 7.13. The van der Waals surface area contributed by atoms with E-state index in [1.54, 1.807) is 30.0 Å². The molecular formula is C24H22N2O4. The Morgan fingerprint density at radius 3 is 2.63 bits per heavy atom. The highest BCUT2D eigenvalue weighted by molar-refractivity contribution is 6.05. The van der Waals surface area contributed by atoms with Gasteiger partial charge in [0.05, 0.1) is 10.9 Å². The molecule has 5 rings (SSSR count). The van der Waals surface area contributed by atoms with E-state index >= 15 is 0 Å². The molecule has 152 valence electrons. The summed E-state index contributed by atoms with van der Waals surface area (Å²) in [5.41, 5.74) is 1.91. The molecule has 6 heteroatoms. The molecule has 3 aromatic rings. The molecule has 1 aromatic heterocycles. The number of carbonyl (C=O) groups is 2. The van der Waals surface area contributed by atoms with Gasteiger partial charge in [-0.25, -0.2) is 0 Å². The SMILES string of the molecule is Cc1c(-c2ccccc2)oc2c(C(=O)N3CCN4C(=O)CCC4C3)cccc2c1=O. The molecule has 2 fully saturated rings. The Labute approximate surface area is 173 Å². The van der Waals surface area contributed by atoms with Crippen LogP contribution >= 0.6 is 0 Å². The van der Waals surface area contributed by atoms with Gasteiger partial charge in [0.15, 0.2) is 11.0 Å². The molecule has 0 saturated carbocycles. The molecule has 2 aliphatic heterocycles. The van der Waals surface area contributed by atoms with Crippen molar-refractivity contribution >= 4 is 22.8 Å². The lowest BCUT2D eigenvalue weighted by atomic mass is 10.0. The van der Waals surface area contributed by atoms with E-state index in [9.17, 15) is 14.4 Å². The lowest BCUT2D eigenvalue weighted by molar-refractivity contribution is -0.130. The molecule has 0 bridgehead atoms. The molecule has 1 atom stereocenters. The third kappa shape index (κ3) is 2.91. The van der Waals surface area contributed by atoms with Crippen LogP contribution in [0.4, 0.5) is 0 Å². The van der Waals surface area contributed by atoms with Crippen LogP contribution in [0, 0.1) is 6.92 Å². The number of hydrogen-bond acceptors (Lipinski definition) is 4. The summed E-state index contributed by atoms with van der Waals surface area (Å²) in [6.45, 7) is 3.30. The van der Waals surface area contributed by atoms with Crippen LogP contribution in [0.25, 0.3) is 22.3 Å². The van der Waals surface area contributed by atoms with Crippen molar-refractivity contribution < 1.29 is 14.0 Å². The summed E-state index contributed by atoms with van der Waals surface area (Å²) in [6.07, 6.45) is 1.33. The molecule has 0 radical (unpaired) electrons. The normalized spacial score (nSPS) is 18.7. The quantitative estimate of drug-likeness (QED) is 0.660. The Kier molecular flexibility index (Phi) is 4.42. The molecule has 30 heavy (non-hydrogen) atoms. The minimum atomic E-state index is -0.161. The second-order valence-corrected chi connectivity index (χ2v) is 7.96. The van der Waals surface area contributed by atoms with E-state index in [2.05, 4.69) is 0 Å². The van der Waals surface area contributed by atoms with Crippen LogP contribution in [0.2, 0.25) is 0 Å². The standard InChI is InChI=1S/C24H22N2O4/c1-15-21(28)18-8-5-9-19(23(18)30-22(15)16-6-3-2-4-7-16)24(29)25-12-13-26-17(14-25)10-11-20(26)27/h2-9,17H,10-14H2,1H3. The zero-order valence-electron chi connectivity index (χ0n) is 16.8. The van der Waals surface area contributed by atoms with Gasteiger partial charge in [-0.05, 0) is 25.5 Å². The van der Waals surface area contributed by atoms with Crippen LogP contribution in [-0.2, 0) is 4.79 Å². The predicted octanol–water partition coefficient (Wildman–Crippen LogP) is 3.22. The summed E-state index contributed by atoms with van der Waals surface area (Å²) < 4.78 is 6.19. The van der Waals surface area contributed by atoms with E-state index in [-0.39, 0.29) is 23.3 Å². The fourth-order valence-electron chi connectivity index (χ4n) is 4.56. The topological polar surface area (TPSA) is 70.8 Å². The molecule has 1 unspecified atom stereocenters. The number of rotatable bonds is 2. The molecule has 0 aliphatic carbocycles. The summed E-state index contributed by atoms with van der Waals surface area (Å²) in [4.78, 5) is 42.0. The van der Waals surface area contributed by atoms with Gasteiger partial charge in [0.2, 0.25) is 5.91 Å². The largest absolute Gasteiger partial charge is 0.455 e. The fourth-order valence-corrected chi connectivity index (χ4v) is 4.56. The van der Waals surface area contributed by atoms with Crippen LogP contribution in [-0.4, -0.2) is 47.3 Å². The van der Waals surface area contributed by atoms with Gasteiger partial charge in [-0.1, -0.05) is 36.4 Å². The van der Waals surface area contributed by atoms with Gasteiger partial charge in [0.1, 0.15) is 5.76 Å². The third-order valence-corrected chi connectivity index (χ3v) is 6.19. The van der Waals surface area contributed by atoms with E-state index in [4.69, 9.17) is 4.42 Å². The van der Waals surface area contributed by atoms with Crippen molar-refractivity contribution in [3.05, 3.63) is 69.9 Å². The smallest absolute Gasteiger partial charge is 0.257 e. The number of amides is 2. The van der Waals surface area contributed by atoms with E-state index < -0.39 is 0 Å². The van der Waals surface area contributed by atoms with Crippen LogP contribution < -0.4 is 5.43 Å². The summed E-state index contributed by atoms with van der Waals surface area (Å²) >= 11 is 0. The van der Waals surface area contributed by atoms with Crippen molar-refractivity contribution in [2.45, 2.75) is 25.8 Å². The minimum Gasteiger partial charge on any atom is -0.455 e. The average Bonchev–Trinajstić information content (AvgIpc) is 3.16. The fraction of sp³-hybridized carbons (Fsp3) is 0.292. The number of para-hydroxylation sites is 1. The minimum absolute atomic E-state index is 0.0827. The molecular weight excluding hydrogens is 380 g/mol. The molecule has 2 aromatic carbocycles. The van der Waals surface area contributed by atoms with Gasteiger partial charge in [-0.3, -0.25) is 14.4 Å². The molecule has 2 saturated heterocycles. The summed E-state index contributed by atoms with van der Waals surface area (Å²) in [5, 5.41) is 0.410. The van der Waals surface area contributed by atoms with E-state index in [1.807, 2.05) is 35.2 Å². The summed E-state index contributed by atoms with van der Waals surface area (Å²) in [6, 6.07) is 14.7.